The van der Waals surface area contributed by atoms with E-state index in [0.717, 1.165) is 16.9 Å². The number of carbonyl (C=O) groups excluding carboxylic acids is 1. The van der Waals surface area contributed by atoms with E-state index in [1.807, 2.05) is 48.6 Å². The van der Waals surface area contributed by atoms with Crippen molar-refractivity contribution >= 4 is 18.1 Å². The summed E-state index contributed by atoms with van der Waals surface area (Å²) in [5.74, 6) is 1.38. The average Bonchev–Trinajstić information content (AvgIpc) is 2.54. The highest BCUT2D eigenvalue weighted by atomic mass is 16.6. The van der Waals surface area contributed by atoms with E-state index in [-0.39, 0.29) is 5.97 Å². The van der Waals surface area contributed by atoms with Gasteiger partial charge in [0.2, 0.25) is 0 Å². The Kier molecular flexibility index (Phi) is 5.20. The van der Waals surface area contributed by atoms with E-state index < -0.39 is 0 Å². The maximum atomic E-state index is 11.0. The van der Waals surface area contributed by atoms with Crippen LogP contribution in [0.1, 0.15) is 18.1 Å². The fourth-order valence-corrected chi connectivity index (χ4v) is 1.93. The van der Waals surface area contributed by atoms with Gasteiger partial charge in [0, 0.05) is 6.92 Å². The maximum absolute atomic E-state index is 11.0. The van der Waals surface area contributed by atoms with Gasteiger partial charge in [0.25, 0.3) is 0 Å². The SMILES string of the molecule is COc1ccc(/C=C/c2ccc(OC(C)=O)c(OC)c2)cc1. The number of esters is 1. The monoisotopic (exact) mass is 298 g/mol. The number of ether oxygens (including phenoxy) is 3. The molecule has 0 bridgehead atoms. The predicted octanol–water partition coefficient (Wildman–Crippen LogP) is 3.80. The molecule has 4 nitrogen and oxygen atoms in total. The third kappa shape index (κ3) is 4.12. The Morgan fingerprint density at radius 3 is 2.09 bits per heavy atom. The molecular weight excluding hydrogens is 280 g/mol. The van der Waals surface area contributed by atoms with Crippen LogP contribution in [0.2, 0.25) is 0 Å². The number of rotatable bonds is 5. The highest BCUT2D eigenvalue weighted by molar-refractivity contribution is 5.73. The normalized spacial score (nSPS) is 10.5. The van der Waals surface area contributed by atoms with Gasteiger partial charge in [0.1, 0.15) is 5.75 Å². The molecule has 0 heterocycles. The topological polar surface area (TPSA) is 44.8 Å². The molecule has 0 atom stereocenters. The Morgan fingerprint density at radius 1 is 0.864 bits per heavy atom. The van der Waals surface area contributed by atoms with Crippen molar-refractivity contribution in [2.75, 3.05) is 14.2 Å². The van der Waals surface area contributed by atoms with E-state index in [2.05, 4.69) is 0 Å². The van der Waals surface area contributed by atoms with Gasteiger partial charge in [-0.25, -0.2) is 0 Å². The van der Waals surface area contributed by atoms with Gasteiger partial charge in [0.15, 0.2) is 11.5 Å². The van der Waals surface area contributed by atoms with Crippen LogP contribution < -0.4 is 14.2 Å². The Labute approximate surface area is 129 Å². The van der Waals surface area contributed by atoms with Gasteiger partial charge < -0.3 is 14.2 Å². The molecule has 0 aliphatic rings. The van der Waals surface area contributed by atoms with Crippen molar-refractivity contribution in [2.24, 2.45) is 0 Å². The Bertz CT molecular complexity index is 672. The molecule has 0 amide bonds. The summed E-state index contributed by atoms with van der Waals surface area (Å²) in [6.07, 6.45) is 3.95. The molecule has 0 aliphatic heterocycles. The minimum Gasteiger partial charge on any atom is -0.497 e. The van der Waals surface area contributed by atoms with E-state index in [1.54, 1.807) is 20.3 Å². The molecule has 2 aromatic rings. The highest BCUT2D eigenvalue weighted by Gasteiger charge is 2.06. The zero-order valence-electron chi connectivity index (χ0n) is 12.8. The molecule has 0 N–H and O–H groups in total. The van der Waals surface area contributed by atoms with Crippen LogP contribution in [-0.4, -0.2) is 20.2 Å². The zero-order chi connectivity index (χ0) is 15.9. The Balaban J connectivity index is 2.17. The van der Waals surface area contributed by atoms with Crippen LogP contribution in [0.25, 0.3) is 12.2 Å². The van der Waals surface area contributed by atoms with Gasteiger partial charge >= 0.3 is 5.97 Å². The number of benzene rings is 2. The van der Waals surface area contributed by atoms with Crippen LogP contribution in [0.5, 0.6) is 17.2 Å². The lowest BCUT2D eigenvalue weighted by molar-refractivity contribution is -0.132. The fourth-order valence-electron chi connectivity index (χ4n) is 1.93. The third-order valence-corrected chi connectivity index (χ3v) is 3.03. The molecule has 0 unspecified atom stereocenters. The van der Waals surface area contributed by atoms with Gasteiger partial charge in [-0.2, -0.15) is 0 Å². The van der Waals surface area contributed by atoms with Gasteiger partial charge in [-0.15, -0.1) is 0 Å². The molecule has 0 fully saturated rings. The minimum atomic E-state index is -0.375. The second-order valence-corrected chi connectivity index (χ2v) is 4.61. The Morgan fingerprint density at radius 2 is 1.50 bits per heavy atom. The number of carbonyl (C=O) groups is 1. The smallest absolute Gasteiger partial charge is 0.308 e. The van der Waals surface area contributed by atoms with E-state index >= 15 is 0 Å². The van der Waals surface area contributed by atoms with Gasteiger partial charge in [-0.05, 0) is 35.4 Å². The Hall–Kier alpha value is -2.75. The van der Waals surface area contributed by atoms with Crippen LogP contribution in [0.3, 0.4) is 0 Å². The molecule has 114 valence electrons. The molecule has 4 heteroatoms. The molecule has 2 aromatic carbocycles. The largest absolute Gasteiger partial charge is 0.497 e. The van der Waals surface area contributed by atoms with Crippen molar-refractivity contribution in [3.63, 3.8) is 0 Å². The van der Waals surface area contributed by atoms with Crippen LogP contribution in [0, 0.1) is 0 Å². The highest BCUT2D eigenvalue weighted by Crippen LogP contribution is 2.29. The predicted molar refractivity (Wildman–Crippen MR) is 86.2 cm³/mol. The molecule has 0 aliphatic carbocycles. The standard InChI is InChI=1S/C18H18O4/c1-13(19)22-17-11-8-15(12-18(17)21-3)5-4-14-6-9-16(20-2)10-7-14/h4-12H,1-3H3/b5-4+. The van der Waals surface area contributed by atoms with Crippen molar-refractivity contribution < 1.29 is 19.0 Å². The lowest BCUT2D eigenvalue weighted by Gasteiger charge is -2.08. The first-order chi connectivity index (χ1) is 10.6. The lowest BCUT2D eigenvalue weighted by atomic mass is 10.1. The molecule has 0 radical (unpaired) electrons. The number of hydrogen-bond donors (Lipinski definition) is 0. The number of hydrogen-bond acceptors (Lipinski definition) is 4. The molecule has 0 saturated carbocycles. The van der Waals surface area contributed by atoms with Crippen molar-refractivity contribution in [1.82, 2.24) is 0 Å². The lowest BCUT2D eigenvalue weighted by Crippen LogP contribution is -2.02. The summed E-state index contributed by atoms with van der Waals surface area (Å²) < 4.78 is 15.4. The molecule has 0 aromatic heterocycles. The van der Waals surface area contributed by atoms with Crippen molar-refractivity contribution in [1.29, 1.82) is 0 Å². The third-order valence-electron chi connectivity index (χ3n) is 3.03. The van der Waals surface area contributed by atoms with Crippen LogP contribution in [-0.2, 0) is 4.79 Å². The summed E-state index contributed by atoms with van der Waals surface area (Å²) in [5.41, 5.74) is 2.01. The summed E-state index contributed by atoms with van der Waals surface area (Å²) in [7, 11) is 3.18. The number of methoxy groups -OCH3 is 2. The molecule has 0 saturated heterocycles. The summed E-state index contributed by atoms with van der Waals surface area (Å²) in [6.45, 7) is 1.36. The molecule has 0 spiro atoms. The first-order valence-corrected chi connectivity index (χ1v) is 6.81. The van der Waals surface area contributed by atoms with Gasteiger partial charge in [-0.1, -0.05) is 30.4 Å². The van der Waals surface area contributed by atoms with Crippen LogP contribution in [0.4, 0.5) is 0 Å². The van der Waals surface area contributed by atoms with Crippen molar-refractivity contribution in [3.05, 3.63) is 53.6 Å². The average molecular weight is 298 g/mol. The quantitative estimate of drug-likeness (QED) is 0.478. The summed E-state index contributed by atoms with van der Waals surface area (Å²) >= 11 is 0. The van der Waals surface area contributed by atoms with E-state index in [1.165, 1.54) is 6.92 Å². The van der Waals surface area contributed by atoms with E-state index in [4.69, 9.17) is 14.2 Å². The molecule has 2 rings (SSSR count). The zero-order valence-corrected chi connectivity index (χ0v) is 12.8. The van der Waals surface area contributed by atoms with E-state index in [9.17, 15) is 4.79 Å². The van der Waals surface area contributed by atoms with Crippen molar-refractivity contribution in [3.8, 4) is 17.2 Å². The van der Waals surface area contributed by atoms with Gasteiger partial charge in [0.05, 0.1) is 14.2 Å². The second-order valence-electron chi connectivity index (χ2n) is 4.61. The van der Waals surface area contributed by atoms with Crippen molar-refractivity contribution in [2.45, 2.75) is 6.92 Å². The molecule has 22 heavy (non-hydrogen) atoms. The maximum Gasteiger partial charge on any atom is 0.308 e. The molecular formula is C18H18O4. The first-order valence-electron chi connectivity index (χ1n) is 6.81. The first kappa shape index (κ1) is 15.6. The summed E-state index contributed by atoms with van der Waals surface area (Å²) in [4.78, 5) is 11.0. The second kappa shape index (κ2) is 7.31. The summed E-state index contributed by atoms with van der Waals surface area (Å²) in [5, 5.41) is 0. The summed E-state index contributed by atoms with van der Waals surface area (Å²) in [6, 6.07) is 13.2. The van der Waals surface area contributed by atoms with E-state index in [0.29, 0.717) is 11.5 Å². The van der Waals surface area contributed by atoms with Crippen LogP contribution >= 0.6 is 0 Å². The minimum absolute atomic E-state index is 0.375. The van der Waals surface area contributed by atoms with Gasteiger partial charge in [-0.3, -0.25) is 4.79 Å². The fraction of sp³-hybridized carbons (Fsp3) is 0.167. The van der Waals surface area contributed by atoms with Crippen LogP contribution in [0.15, 0.2) is 42.5 Å².